The molecule has 0 atom stereocenters. The molecule has 1 heterocycles. The SMILES string of the molecule is CN(C)c1ccc(-c2nc(-c3ccccc3)c(-c3ccc(Oc4ccccc4)cc3)[nH]2)cc1. The maximum absolute atomic E-state index is 5.96. The average Bonchev–Trinajstić information content (AvgIpc) is 3.31. The van der Waals surface area contributed by atoms with E-state index < -0.39 is 0 Å². The molecule has 0 aliphatic heterocycles. The molecular weight excluding hydrogens is 406 g/mol. The quantitative estimate of drug-likeness (QED) is 0.307. The summed E-state index contributed by atoms with van der Waals surface area (Å²) in [5.74, 6) is 2.46. The van der Waals surface area contributed by atoms with E-state index in [4.69, 9.17) is 9.72 Å². The number of hydrogen-bond acceptors (Lipinski definition) is 3. The van der Waals surface area contributed by atoms with Gasteiger partial charge in [-0.3, -0.25) is 0 Å². The Hall–Kier alpha value is -4.31. The second-order valence-corrected chi connectivity index (χ2v) is 8.06. The van der Waals surface area contributed by atoms with Gasteiger partial charge in [-0.2, -0.15) is 0 Å². The van der Waals surface area contributed by atoms with Crippen molar-refractivity contribution in [2.45, 2.75) is 0 Å². The molecule has 0 aliphatic carbocycles. The average molecular weight is 432 g/mol. The maximum Gasteiger partial charge on any atom is 0.138 e. The standard InChI is InChI=1S/C29H25N3O/c1-32(2)24-17-13-23(14-18-24)29-30-27(21-9-5-3-6-10-21)28(31-29)22-15-19-26(20-16-22)33-25-11-7-4-8-12-25/h3-20H,1-2H3,(H,30,31). The lowest BCUT2D eigenvalue weighted by Gasteiger charge is -2.12. The lowest BCUT2D eigenvalue weighted by molar-refractivity contribution is 0.483. The number of benzene rings is 4. The molecule has 0 spiro atoms. The molecule has 4 aromatic carbocycles. The second kappa shape index (κ2) is 9.05. The molecule has 4 nitrogen and oxygen atoms in total. The fourth-order valence-corrected chi connectivity index (χ4v) is 3.76. The number of nitrogens with one attached hydrogen (secondary N) is 1. The molecule has 162 valence electrons. The number of H-pyrrole nitrogens is 1. The van der Waals surface area contributed by atoms with Gasteiger partial charge in [0, 0.05) is 36.5 Å². The first kappa shape index (κ1) is 20.6. The van der Waals surface area contributed by atoms with Crippen LogP contribution in [0.5, 0.6) is 11.5 Å². The van der Waals surface area contributed by atoms with Gasteiger partial charge in [-0.05, 0) is 60.7 Å². The normalized spacial score (nSPS) is 10.7. The van der Waals surface area contributed by atoms with Crippen LogP contribution in [0.3, 0.4) is 0 Å². The van der Waals surface area contributed by atoms with Crippen LogP contribution < -0.4 is 9.64 Å². The van der Waals surface area contributed by atoms with Crippen LogP contribution in [-0.4, -0.2) is 24.1 Å². The Morgan fingerprint density at radius 1 is 0.606 bits per heavy atom. The fraction of sp³-hybridized carbons (Fsp3) is 0.0690. The zero-order chi connectivity index (χ0) is 22.6. The predicted molar refractivity (Wildman–Crippen MR) is 136 cm³/mol. The van der Waals surface area contributed by atoms with E-state index in [1.54, 1.807) is 0 Å². The van der Waals surface area contributed by atoms with Crippen molar-refractivity contribution in [3.05, 3.63) is 109 Å². The van der Waals surface area contributed by atoms with Gasteiger partial charge in [0.1, 0.15) is 17.3 Å². The first-order valence-corrected chi connectivity index (χ1v) is 10.9. The first-order chi connectivity index (χ1) is 16.2. The molecule has 0 amide bonds. The predicted octanol–water partition coefficient (Wildman–Crippen LogP) is 7.27. The minimum atomic E-state index is 0.797. The summed E-state index contributed by atoms with van der Waals surface area (Å²) in [5.41, 5.74) is 6.25. The maximum atomic E-state index is 5.96. The second-order valence-electron chi connectivity index (χ2n) is 8.06. The topological polar surface area (TPSA) is 41.2 Å². The van der Waals surface area contributed by atoms with E-state index in [-0.39, 0.29) is 0 Å². The van der Waals surface area contributed by atoms with Crippen LogP contribution in [-0.2, 0) is 0 Å². The summed E-state index contributed by atoms with van der Waals surface area (Å²) in [6.45, 7) is 0. The molecule has 0 radical (unpaired) electrons. The van der Waals surface area contributed by atoms with Gasteiger partial charge in [0.25, 0.3) is 0 Å². The third-order valence-corrected chi connectivity index (χ3v) is 5.53. The van der Waals surface area contributed by atoms with Crippen molar-refractivity contribution < 1.29 is 4.74 Å². The fourth-order valence-electron chi connectivity index (χ4n) is 3.76. The summed E-state index contributed by atoms with van der Waals surface area (Å²) in [4.78, 5) is 10.6. The monoisotopic (exact) mass is 431 g/mol. The highest BCUT2D eigenvalue weighted by Crippen LogP contribution is 2.34. The van der Waals surface area contributed by atoms with Crippen LogP contribution >= 0.6 is 0 Å². The highest BCUT2D eigenvalue weighted by molar-refractivity contribution is 5.81. The molecule has 0 saturated heterocycles. The van der Waals surface area contributed by atoms with Crippen molar-refractivity contribution >= 4 is 5.69 Å². The van der Waals surface area contributed by atoms with Gasteiger partial charge in [0.15, 0.2) is 0 Å². The molecule has 5 rings (SSSR count). The molecule has 0 saturated carbocycles. The first-order valence-electron chi connectivity index (χ1n) is 10.9. The van der Waals surface area contributed by atoms with Gasteiger partial charge in [0.2, 0.25) is 0 Å². The summed E-state index contributed by atoms with van der Waals surface area (Å²) in [5, 5.41) is 0. The Morgan fingerprint density at radius 3 is 1.82 bits per heavy atom. The molecule has 0 aliphatic rings. The van der Waals surface area contributed by atoms with Gasteiger partial charge < -0.3 is 14.6 Å². The molecule has 1 aromatic heterocycles. The van der Waals surface area contributed by atoms with Crippen LogP contribution in [0.25, 0.3) is 33.9 Å². The third-order valence-electron chi connectivity index (χ3n) is 5.53. The number of nitrogens with zero attached hydrogens (tertiary/aromatic N) is 2. The van der Waals surface area contributed by atoms with E-state index in [2.05, 4.69) is 58.4 Å². The summed E-state index contributed by atoms with van der Waals surface area (Å²) in [6, 6.07) is 36.6. The lowest BCUT2D eigenvalue weighted by Crippen LogP contribution is -2.07. The smallest absolute Gasteiger partial charge is 0.138 e. The van der Waals surface area contributed by atoms with Crippen LogP contribution in [0.2, 0.25) is 0 Å². The van der Waals surface area contributed by atoms with E-state index >= 15 is 0 Å². The summed E-state index contributed by atoms with van der Waals surface area (Å²) >= 11 is 0. The number of ether oxygens (including phenoxy) is 1. The zero-order valence-electron chi connectivity index (χ0n) is 18.7. The van der Waals surface area contributed by atoms with Gasteiger partial charge in [-0.25, -0.2) is 4.98 Å². The Kier molecular flexibility index (Phi) is 5.64. The van der Waals surface area contributed by atoms with E-state index in [1.807, 2.05) is 74.8 Å². The van der Waals surface area contributed by atoms with Gasteiger partial charge in [-0.1, -0.05) is 48.5 Å². The van der Waals surface area contributed by atoms with Crippen LogP contribution in [0.15, 0.2) is 109 Å². The molecule has 1 N–H and O–H groups in total. The van der Waals surface area contributed by atoms with Crippen molar-refractivity contribution in [1.29, 1.82) is 0 Å². The summed E-state index contributed by atoms with van der Waals surface area (Å²) < 4.78 is 5.96. The van der Waals surface area contributed by atoms with E-state index in [0.717, 1.165) is 51.1 Å². The van der Waals surface area contributed by atoms with Crippen molar-refractivity contribution in [2.24, 2.45) is 0 Å². The van der Waals surface area contributed by atoms with Gasteiger partial charge >= 0.3 is 0 Å². The van der Waals surface area contributed by atoms with E-state index in [0.29, 0.717) is 0 Å². The number of rotatable bonds is 6. The Balaban J connectivity index is 1.52. The minimum Gasteiger partial charge on any atom is -0.457 e. The highest BCUT2D eigenvalue weighted by atomic mass is 16.5. The number of imidazole rings is 1. The molecule has 0 fully saturated rings. The molecule has 4 heteroatoms. The van der Waals surface area contributed by atoms with Crippen molar-refractivity contribution in [1.82, 2.24) is 9.97 Å². The number of anilines is 1. The van der Waals surface area contributed by atoms with E-state index in [1.165, 1.54) is 0 Å². The third kappa shape index (κ3) is 4.51. The van der Waals surface area contributed by atoms with E-state index in [9.17, 15) is 0 Å². The van der Waals surface area contributed by atoms with Crippen LogP contribution in [0.4, 0.5) is 5.69 Å². The highest BCUT2D eigenvalue weighted by Gasteiger charge is 2.15. The largest absolute Gasteiger partial charge is 0.457 e. The molecule has 0 bridgehead atoms. The van der Waals surface area contributed by atoms with Gasteiger partial charge in [-0.15, -0.1) is 0 Å². The molecular formula is C29H25N3O. The summed E-state index contributed by atoms with van der Waals surface area (Å²) in [6.07, 6.45) is 0. The van der Waals surface area contributed by atoms with Crippen LogP contribution in [0, 0.1) is 0 Å². The van der Waals surface area contributed by atoms with Gasteiger partial charge in [0.05, 0.1) is 11.4 Å². The molecule has 33 heavy (non-hydrogen) atoms. The van der Waals surface area contributed by atoms with Crippen molar-refractivity contribution in [3.63, 3.8) is 0 Å². The molecule has 0 unspecified atom stereocenters. The number of hydrogen-bond donors (Lipinski definition) is 1. The minimum absolute atomic E-state index is 0.797. The Bertz CT molecular complexity index is 1320. The Morgan fingerprint density at radius 2 is 1.18 bits per heavy atom. The summed E-state index contributed by atoms with van der Waals surface area (Å²) in [7, 11) is 4.08. The zero-order valence-corrected chi connectivity index (χ0v) is 18.7. The number of para-hydroxylation sites is 1. The Labute approximate surface area is 194 Å². The van der Waals surface area contributed by atoms with Crippen molar-refractivity contribution in [2.75, 3.05) is 19.0 Å². The molecule has 5 aromatic rings. The van der Waals surface area contributed by atoms with Crippen molar-refractivity contribution in [3.8, 4) is 45.4 Å². The lowest BCUT2D eigenvalue weighted by atomic mass is 10.1. The van der Waals surface area contributed by atoms with Crippen LogP contribution in [0.1, 0.15) is 0 Å². The number of aromatic nitrogens is 2. The number of aromatic amines is 1.